The van der Waals surface area contributed by atoms with Crippen molar-refractivity contribution in [2.24, 2.45) is 0 Å². The van der Waals surface area contributed by atoms with Gasteiger partial charge in [0.05, 0.1) is 17.9 Å². The minimum atomic E-state index is -1.12. The van der Waals surface area contributed by atoms with E-state index in [9.17, 15) is 14.4 Å². The van der Waals surface area contributed by atoms with Crippen molar-refractivity contribution in [3.05, 3.63) is 59.9 Å². The molecule has 7 nitrogen and oxygen atoms in total. The molecule has 158 valence electrons. The van der Waals surface area contributed by atoms with E-state index in [0.717, 1.165) is 10.6 Å². The van der Waals surface area contributed by atoms with Gasteiger partial charge in [-0.3, -0.25) is 9.69 Å². The van der Waals surface area contributed by atoms with Crippen molar-refractivity contribution in [2.75, 3.05) is 11.5 Å². The quantitative estimate of drug-likeness (QED) is 0.551. The first-order valence-electron chi connectivity index (χ1n) is 10.0. The van der Waals surface area contributed by atoms with E-state index >= 15 is 0 Å². The molecular weight excluding hydrogens is 418 g/mol. The Morgan fingerprint density at radius 3 is 2.74 bits per heavy atom. The van der Waals surface area contributed by atoms with Gasteiger partial charge in [-0.25, -0.2) is 9.59 Å². The lowest BCUT2D eigenvalue weighted by molar-refractivity contribution is -0.148. The Hall–Kier alpha value is -3.26. The number of hydrogen-bond acceptors (Lipinski definition) is 7. The van der Waals surface area contributed by atoms with Crippen LogP contribution >= 0.6 is 11.8 Å². The minimum absolute atomic E-state index is 0.0232. The van der Waals surface area contributed by atoms with Crippen LogP contribution in [-0.4, -0.2) is 29.3 Å². The summed E-state index contributed by atoms with van der Waals surface area (Å²) in [5.74, 6) is -1.20. The molecule has 0 bridgehead atoms. The standard InChI is InChI=1S/C23H19NO6S/c1-2-28-21(26)20-15(14-7-3-5-9-17(14)30-20)13-29-22(27)23-12-11-19(25)24(23)16-8-4-6-10-18(16)31-23/h3-10H,2,11-13H2,1H3. The first kappa shape index (κ1) is 19.7. The van der Waals surface area contributed by atoms with Gasteiger partial charge in [0.2, 0.25) is 11.7 Å². The number of ether oxygens (including phenoxy) is 2. The molecule has 0 saturated carbocycles. The maximum absolute atomic E-state index is 13.3. The van der Waals surface area contributed by atoms with E-state index in [1.54, 1.807) is 30.0 Å². The van der Waals surface area contributed by atoms with Crippen molar-refractivity contribution >= 4 is 46.3 Å². The number of para-hydroxylation sites is 2. The summed E-state index contributed by atoms with van der Waals surface area (Å²) in [7, 11) is 0. The van der Waals surface area contributed by atoms with Crippen molar-refractivity contribution < 1.29 is 28.3 Å². The lowest BCUT2D eigenvalue weighted by Gasteiger charge is -2.28. The SMILES string of the molecule is CCOC(=O)c1oc2ccccc2c1COC(=O)C12CCC(=O)N1c1ccccc1S2. The van der Waals surface area contributed by atoms with E-state index in [2.05, 4.69) is 0 Å². The largest absolute Gasteiger partial charge is 0.460 e. The highest BCUT2D eigenvalue weighted by Crippen LogP contribution is 2.56. The molecule has 1 fully saturated rings. The summed E-state index contributed by atoms with van der Waals surface area (Å²) in [6.45, 7) is 1.74. The molecule has 2 aliphatic rings. The van der Waals surface area contributed by atoms with Gasteiger partial charge in [0, 0.05) is 23.1 Å². The number of thioether (sulfide) groups is 1. The molecule has 2 aromatic carbocycles. The fourth-order valence-corrected chi connectivity index (χ4v) is 5.54. The molecule has 1 unspecified atom stereocenters. The number of fused-ring (bicyclic) bond motifs is 4. The van der Waals surface area contributed by atoms with E-state index in [4.69, 9.17) is 13.9 Å². The van der Waals surface area contributed by atoms with Crippen LogP contribution < -0.4 is 4.90 Å². The molecule has 8 heteroatoms. The third-order valence-corrected chi connectivity index (χ3v) is 6.96. The van der Waals surface area contributed by atoms with E-state index in [0.29, 0.717) is 23.0 Å². The number of carbonyl (C=O) groups excluding carboxylic acids is 3. The van der Waals surface area contributed by atoms with Gasteiger partial charge < -0.3 is 13.9 Å². The molecule has 0 aliphatic carbocycles. The fourth-order valence-electron chi connectivity index (χ4n) is 4.13. The Labute approximate surface area is 182 Å². The van der Waals surface area contributed by atoms with Gasteiger partial charge in [0.15, 0.2) is 4.87 Å². The summed E-state index contributed by atoms with van der Waals surface area (Å²) in [6, 6.07) is 14.6. The van der Waals surface area contributed by atoms with Gasteiger partial charge >= 0.3 is 11.9 Å². The third-order valence-electron chi connectivity index (χ3n) is 5.50. The van der Waals surface area contributed by atoms with Gasteiger partial charge in [0.25, 0.3) is 0 Å². The average Bonchev–Trinajstić information content (AvgIpc) is 3.42. The predicted molar refractivity (Wildman–Crippen MR) is 114 cm³/mol. The average molecular weight is 437 g/mol. The molecule has 2 aliphatic heterocycles. The zero-order valence-corrected chi connectivity index (χ0v) is 17.6. The van der Waals surface area contributed by atoms with Crippen molar-refractivity contribution in [3.63, 3.8) is 0 Å². The zero-order chi connectivity index (χ0) is 21.6. The van der Waals surface area contributed by atoms with E-state index < -0.39 is 16.8 Å². The highest BCUT2D eigenvalue weighted by atomic mass is 32.2. The van der Waals surface area contributed by atoms with Crippen LogP contribution in [0.25, 0.3) is 11.0 Å². The summed E-state index contributed by atoms with van der Waals surface area (Å²) in [4.78, 5) is 39.6. The maximum Gasteiger partial charge on any atom is 0.374 e. The number of nitrogens with zero attached hydrogens (tertiary/aromatic N) is 1. The van der Waals surface area contributed by atoms with Gasteiger partial charge in [-0.2, -0.15) is 0 Å². The maximum atomic E-state index is 13.3. The number of anilines is 1. The van der Waals surface area contributed by atoms with Crippen LogP contribution in [0.2, 0.25) is 0 Å². The van der Waals surface area contributed by atoms with Gasteiger partial charge in [-0.05, 0) is 25.1 Å². The molecule has 1 saturated heterocycles. The number of benzene rings is 2. The molecule has 1 atom stereocenters. The van der Waals surface area contributed by atoms with Crippen molar-refractivity contribution in [3.8, 4) is 0 Å². The minimum Gasteiger partial charge on any atom is -0.460 e. The Bertz CT molecular complexity index is 1220. The number of esters is 2. The summed E-state index contributed by atoms with van der Waals surface area (Å²) in [5.41, 5.74) is 1.69. The topological polar surface area (TPSA) is 86.0 Å². The second kappa shape index (κ2) is 7.46. The van der Waals surface area contributed by atoms with E-state index in [1.165, 1.54) is 11.8 Å². The summed E-state index contributed by atoms with van der Waals surface area (Å²) < 4.78 is 16.5. The Balaban J connectivity index is 1.45. The number of furan rings is 1. The molecule has 0 spiro atoms. The number of carbonyl (C=O) groups is 3. The van der Waals surface area contributed by atoms with Crippen LogP contribution in [0.3, 0.4) is 0 Å². The molecule has 1 aromatic heterocycles. The summed E-state index contributed by atoms with van der Waals surface area (Å²) >= 11 is 1.34. The first-order valence-corrected chi connectivity index (χ1v) is 10.8. The first-order chi connectivity index (χ1) is 15.0. The Morgan fingerprint density at radius 2 is 1.90 bits per heavy atom. The summed E-state index contributed by atoms with van der Waals surface area (Å²) in [6.07, 6.45) is 0.639. The molecule has 3 aromatic rings. The lowest BCUT2D eigenvalue weighted by atomic mass is 10.1. The van der Waals surface area contributed by atoms with Crippen LogP contribution in [0, 0.1) is 0 Å². The van der Waals surface area contributed by atoms with Crippen LogP contribution in [0.1, 0.15) is 35.9 Å². The molecule has 3 heterocycles. The molecule has 1 amide bonds. The fraction of sp³-hybridized carbons (Fsp3) is 0.261. The van der Waals surface area contributed by atoms with Gasteiger partial charge in [-0.1, -0.05) is 42.1 Å². The van der Waals surface area contributed by atoms with E-state index in [1.807, 2.05) is 30.3 Å². The highest BCUT2D eigenvalue weighted by molar-refractivity contribution is 8.02. The molecule has 5 rings (SSSR count). The number of rotatable bonds is 5. The van der Waals surface area contributed by atoms with Crippen molar-refractivity contribution in [1.82, 2.24) is 0 Å². The number of hydrogen-bond donors (Lipinski definition) is 0. The van der Waals surface area contributed by atoms with Gasteiger partial charge in [-0.15, -0.1) is 0 Å². The van der Waals surface area contributed by atoms with Crippen LogP contribution in [-0.2, 0) is 25.7 Å². The second-order valence-corrected chi connectivity index (χ2v) is 8.61. The molecule has 0 N–H and O–H groups in total. The molecule has 0 radical (unpaired) electrons. The second-order valence-electron chi connectivity index (χ2n) is 7.29. The predicted octanol–water partition coefficient (Wildman–Crippen LogP) is 4.28. The monoisotopic (exact) mass is 437 g/mol. The Morgan fingerprint density at radius 1 is 1.13 bits per heavy atom. The smallest absolute Gasteiger partial charge is 0.374 e. The van der Waals surface area contributed by atoms with Crippen LogP contribution in [0.4, 0.5) is 5.69 Å². The Kier molecular flexibility index (Phi) is 4.74. The summed E-state index contributed by atoms with van der Waals surface area (Å²) in [5, 5.41) is 0.678. The third kappa shape index (κ3) is 3.01. The van der Waals surface area contributed by atoms with Gasteiger partial charge in [0.1, 0.15) is 12.2 Å². The van der Waals surface area contributed by atoms with Crippen LogP contribution in [0.5, 0.6) is 0 Å². The van der Waals surface area contributed by atoms with Crippen molar-refractivity contribution in [1.29, 1.82) is 0 Å². The molecular formula is C23H19NO6S. The molecule has 31 heavy (non-hydrogen) atoms. The normalized spacial score (nSPS) is 19.4. The zero-order valence-electron chi connectivity index (χ0n) is 16.8. The van der Waals surface area contributed by atoms with E-state index in [-0.39, 0.29) is 31.3 Å². The number of amides is 1. The van der Waals surface area contributed by atoms with Crippen LogP contribution in [0.15, 0.2) is 57.8 Å². The highest BCUT2D eigenvalue weighted by Gasteiger charge is 2.58. The van der Waals surface area contributed by atoms with Crippen molar-refractivity contribution in [2.45, 2.75) is 36.1 Å². The lowest BCUT2D eigenvalue weighted by Crippen LogP contribution is -2.47.